The highest BCUT2D eigenvalue weighted by Crippen LogP contribution is 2.58. The maximum absolute atomic E-state index is 2.44. The van der Waals surface area contributed by atoms with Crippen molar-refractivity contribution in [2.45, 2.75) is 53.4 Å². The van der Waals surface area contributed by atoms with Crippen molar-refractivity contribution in [3.8, 4) is 0 Å². The van der Waals surface area contributed by atoms with Gasteiger partial charge in [0.25, 0.3) is 0 Å². The van der Waals surface area contributed by atoms with Gasteiger partial charge in [-0.3, -0.25) is 0 Å². The van der Waals surface area contributed by atoms with Crippen molar-refractivity contribution in [2.75, 3.05) is 0 Å². The molecule has 0 aromatic heterocycles. The number of hydrogen-bond donors (Lipinski definition) is 0. The minimum absolute atomic E-state index is 0.760. The van der Waals surface area contributed by atoms with E-state index in [9.17, 15) is 0 Å². The highest BCUT2D eigenvalue weighted by molar-refractivity contribution is 4.98. The van der Waals surface area contributed by atoms with Gasteiger partial charge in [0.2, 0.25) is 0 Å². The lowest BCUT2D eigenvalue weighted by Gasteiger charge is -2.26. The Kier molecular flexibility index (Phi) is 2.61. The van der Waals surface area contributed by atoms with E-state index in [1.807, 2.05) is 0 Å². The van der Waals surface area contributed by atoms with Crippen LogP contribution in [0.3, 0.4) is 0 Å². The summed E-state index contributed by atoms with van der Waals surface area (Å²) in [4.78, 5) is 0. The fourth-order valence-corrected chi connectivity index (χ4v) is 2.50. The summed E-state index contributed by atoms with van der Waals surface area (Å²) >= 11 is 0. The molecule has 0 aliphatic heterocycles. The Morgan fingerprint density at radius 3 is 2.00 bits per heavy atom. The Morgan fingerprint density at radius 1 is 1.18 bits per heavy atom. The second kappa shape index (κ2) is 3.16. The van der Waals surface area contributed by atoms with Crippen LogP contribution in [-0.4, -0.2) is 0 Å². The van der Waals surface area contributed by atoms with E-state index in [-0.39, 0.29) is 0 Å². The van der Waals surface area contributed by atoms with E-state index < -0.39 is 0 Å². The summed E-state index contributed by atoms with van der Waals surface area (Å²) in [7, 11) is 0. The smallest absolute Gasteiger partial charge is 0.0248 e. The molecule has 0 aromatic rings. The molecule has 0 saturated heterocycles. The van der Waals surface area contributed by atoms with E-state index in [1.165, 1.54) is 25.7 Å². The Balaban J connectivity index is 2.44. The molecule has 0 N–H and O–H groups in total. The van der Waals surface area contributed by atoms with Crippen molar-refractivity contribution in [2.24, 2.45) is 17.3 Å². The topological polar surface area (TPSA) is 0 Å². The lowest BCUT2D eigenvalue weighted by molar-refractivity contribution is 0.229. The summed E-state index contributed by atoms with van der Waals surface area (Å²) in [6.07, 6.45) is 5.77. The molecule has 1 fully saturated rings. The van der Waals surface area contributed by atoms with Crippen molar-refractivity contribution in [1.82, 2.24) is 0 Å². The van der Waals surface area contributed by atoms with Gasteiger partial charge < -0.3 is 0 Å². The van der Waals surface area contributed by atoms with Gasteiger partial charge in [0.05, 0.1) is 0 Å². The Bertz CT molecular complexity index is 120. The molecular weight excluding hydrogens is 132 g/mol. The zero-order chi connectivity index (χ0) is 8.48. The van der Waals surface area contributed by atoms with Crippen LogP contribution in [0.2, 0.25) is 0 Å². The van der Waals surface area contributed by atoms with E-state index in [4.69, 9.17) is 0 Å². The first kappa shape index (κ1) is 9.09. The van der Waals surface area contributed by atoms with Gasteiger partial charge in [0.1, 0.15) is 0 Å². The van der Waals surface area contributed by atoms with Gasteiger partial charge >= 0.3 is 0 Å². The molecular formula is C11H22. The quantitative estimate of drug-likeness (QED) is 0.577. The first-order chi connectivity index (χ1) is 5.13. The van der Waals surface area contributed by atoms with Crippen LogP contribution in [0.1, 0.15) is 53.4 Å². The van der Waals surface area contributed by atoms with Crippen molar-refractivity contribution in [3.05, 3.63) is 0 Å². The van der Waals surface area contributed by atoms with Crippen LogP contribution in [0.5, 0.6) is 0 Å². The standard InChI is InChI=1S/C11H22/c1-5-6-10(4)11(7-8-11)9(2)3/h9-10H,5-8H2,1-4H3. The van der Waals surface area contributed by atoms with E-state index in [0.29, 0.717) is 0 Å². The molecule has 1 aliphatic carbocycles. The summed E-state index contributed by atoms with van der Waals surface area (Å²) in [5.74, 6) is 1.87. The van der Waals surface area contributed by atoms with E-state index in [1.54, 1.807) is 0 Å². The van der Waals surface area contributed by atoms with Crippen molar-refractivity contribution < 1.29 is 0 Å². The molecule has 0 amide bonds. The average Bonchev–Trinajstić information content (AvgIpc) is 2.66. The summed E-state index contributed by atoms with van der Waals surface area (Å²) in [5, 5.41) is 0. The highest BCUT2D eigenvalue weighted by atomic mass is 14.5. The zero-order valence-corrected chi connectivity index (χ0v) is 8.48. The summed E-state index contributed by atoms with van der Waals surface area (Å²) in [6.45, 7) is 9.52. The van der Waals surface area contributed by atoms with Gasteiger partial charge in [0, 0.05) is 0 Å². The molecule has 0 radical (unpaired) electrons. The van der Waals surface area contributed by atoms with Gasteiger partial charge in [-0.1, -0.05) is 40.5 Å². The average molecular weight is 154 g/mol. The van der Waals surface area contributed by atoms with Crippen LogP contribution >= 0.6 is 0 Å². The molecule has 11 heavy (non-hydrogen) atoms. The molecule has 0 spiro atoms. The minimum Gasteiger partial charge on any atom is -0.0654 e. The van der Waals surface area contributed by atoms with Crippen LogP contribution < -0.4 is 0 Å². The molecule has 66 valence electrons. The van der Waals surface area contributed by atoms with Gasteiger partial charge in [-0.25, -0.2) is 0 Å². The monoisotopic (exact) mass is 154 g/mol. The van der Waals surface area contributed by atoms with Crippen LogP contribution in [0.15, 0.2) is 0 Å². The van der Waals surface area contributed by atoms with E-state index >= 15 is 0 Å². The van der Waals surface area contributed by atoms with Gasteiger partial charge in [-0.05, 0) is 30.1 Å². The molecule has 0 heteroatoms. The first-order valence-electron chi connectivity index (χ1n) is 5.13. The molecule has 1 unspecified atom stereocenters. The maximum atomic E-state index is 2.44. The summed E-state index contributed by atoms with van der Waals surface area (Å²) in [6, 6.07) is 0. The molecule has 0 nitrogen and oxygen atoms in total. The minimum atomic E-state index is 0.760. The number of hydrogen-bond acceptors (Lipinski definition) is 0. The molecule has 0 bridgehead atoms. The third-order valence-electron chi connectivity index (χ3n) is 3.68. The predicted molar refractivity (Wildman–Crippen MR) is 50.6 cm³/mol. The Labute approximate surface area is 71.4 Å². The van der Waals surface area contributed by atoms with Crippen molar-refractivity contribution >= 4 is 0 Å². The Morgan fingerprint density at radius 2 is 1.73 bits per heavy atom. The Hall–Kier alpha value is 0. The van der Waals surface area contributed by atoms with Crippen LogP contribution in [0.4, 0.5) is 0 Å². The molecule has 1 atom stereocenters. The molecule has 1 aliphatic rings. The normalized spacial score (nSPS) is 23.7. The largest absolute Gasteiger partial charge is 0.0654 e. The second-order valence-corrected chi connectivity index (χ2v) is 4.58. The summed E-state index contributed by atoms with van der Waals surface area (Å²) in [5.41, 5.74) is 0.760. The van der Waals surface area contributed by atoms with E-state index in [0.717, 1.165) is 17.3 Å². The lowest BCUT2D eigenvalue weighted by Crippen LogP contribution is -2.18. The lowest BCUT2D eigenvalue weighted by atomic mass is 9.79. The fourth-order valence-electron chi connectivity index (χ4n) is 2.50. The maximum Gasteiger partial charge on any atom is -0.0248 e. The summed E-state index contributed by atoms with van der Waals surface area (Å²) < 4.78 is 0. The van der Waals surface area contributed by atoms with Gasteiger partial charge in [-0.2, -0.15) is 0 Å². The molecule has 1 rings (SSSR count). The van der Waals surface area contributed by atoms with Crippen LogP contribution in [-0.2, 0) is 0 Å². The predicted octanol–water partition coefficient (Wildman–Crippen LogP) is 3.86. The first-order valence-corrected chi connectivity index (χ1v) is 5.13. The zero-order valence-electron chi connectivity index (χ0n) is 8.48. The van der Waals surface area contributed by atoms with Crippen molar-refractivity contribution in [1.29, 1.82) is 0 Å². The fraction of sp³-hybridized carbons (Fsp3) is 1.00. The van der Waals surface area contributed by atoms with Gasteiger partial charge in [-0.15, -0.1) is 0 Å². The number of rotatable bonds is 4. The third-order valence-corrected chi connectivity index (χ3v) is 3.68. The van der Waals surface area contributed by atoms with Crippen molar-refractivity contribution in [3.63, 3.8) is 0 Å². The van der Waals surface area contributed by atoms with E-state index in [2.05, 4.69) is 27.7 Å². The second-order valence-electron chi connectivity index (χ2n) is 4.58. The third kappa shape index (κ3) is 1.60. The van der Waals surface area contributed by atoms with Gasteiger partial charge in [0.15, 0.2) is 0 Å². The highest BCUT2D eigenvalue weighted by Gasteiger charge is 2.48. The van der Waals surface area contributed by atoms with Crippen LogP contribution in [0, 0.1) is 17.3 Å². The molecule has 1 saturated carbocycles. The SMILES string of the molecule is CCCC(C)C1(C(C)C)CC1. The molecule has 0 aromatic carbocycles. The van der Waals surface area contributed by atoms with Crippen LogP contribution in [0.25, 0.3) is 0 Å². The molecule has 0 heterocycles.